The van der Waals surface area contributed by atoms with Crippen LogP contribution in [0.25, 0.3) is 0 Å². The summed E-state index contributed by atoms with van der Waals surface area (Å²) in [7, 11) is 1.62. The Balaban J connectivity index is 1.49. The van der Waals surface area contributed by atoms with Crippen LogP contribution in [-0.2, 0) is 4.79 Å². The summed E-state index contributed by atoms with van der Waals surface area (Å²) in [5, 5.41) is 3.19. The van der Waals surface area contributed by atoms with Crippen molar-refractivity contribution in [1.29, 1.82) is 0 Å². The second-order valence-electron chi connectivity index (χ2n) is 7.57. The standard InChI is InChI=1S/C21H30N2O3/c1-15(21(25)22-18-5-3-4-6-18)23-13-11-17(12-14-23)20(24)16-7-9-19(26-2)10-8-16/h7-10,15,17-18H,3-6,11-14H2,1-2H3,(H,22,25). The molecule has 2 fully saturated rings. The van der Waals surface area contributed by atoms with E-state index in [2.05, 4.69) is 10.2 Å². The van der Waals surface area contributed by atoms with Crippen molar-refractivity contribution in [3.8, 4) is 5.75 Å². The van der Waals surface area contributed by atoms with E-state index in [-0.39, 0.29) is 23.7 Å². The summed E-state index contributed by atoms with van der Waals surface area (Å²) in [5.74, 6) is 1.15. The maximum atomic E-state index is 12.7. The van der Waals surface area contributed by atoms with Crippen LogP contribution < -0.4 is 10.1 Å². The lowest BCUT2D eigenvalue weighted by Crippen LogP contribution is -2.50. The number of carbonyl (C=O) groups is 2. The summed E-state index contributed by atoms with van der Waals surface area (Å²) in [5.41, 5.74) is 0.747. The minimum atomic E-state index is -0.118. The van der Waals surface area contributed by atoms with Gasteiger partial charge in [-0.1, -0.05) is 12.8 Å². The van der Waals surface area contributed by atoms with Crippen molar-refractivity contribution in [3.05, 3.63) is 29.8 Å². The number of likely N-dealkylation sites (tertiary alicyclic amines) is 1. The van der Waals surface area contributed by atoms with E-state index in [1.54, 1.807) is 7.11 Å². The van der Waals surface area contributed by atoms with Crippen molar-refractivity contribution in [2.24, 2.45) is 5.92 Å². The van der Waals surface area contributed by atoms with Crippen molar-refractivity contribution >= 4 is 11.7 Å². The number of nitrogens with one attached hydrogen (secondary N) is 1. The second kappa shape index (κ2) is 8.67. The van der Waals surface area contributed by atoms with Crippen molar-refractivity contribution in [2.45, 2.75) is 57.5 Å². The van der Waals surface area contributed by atoms with Gasteiger partial charge in [-0.05, 0) is 70.0 Å². The van der Waals surface area contributed by atoms with Gasteiger partial charge in [0.2, 0.25) is 5.91 Å². The molecule has 5 heteroatoms. The lowest BCUT2D eigenvalue weighted by Gasteiger charge is -2.35. The minimum absolute atomic E-state index is 0.0461. The van der Waals surface area contributed by atoms with Gasteiger partial charge in [-0.25, -0.2) is 0 Å². The molecule has 0 aromatic heterocycles. The van der Waals surface area contributed by atoms with E-state index < -0.39 is 0 Å². The summed E-state index contributed by atoms with van der Waals surface area (Å²) in [4.78, 5) is 27.4. The Morgan fingerprint density at radius 2 is 1.69 bits per heavy atom. The van der Waals surface area contributed by atoms with Crippen LogP contribution in [0.4, 0.5) is 0 Å². The van der Waals surface area contributed by atoms with E-state index in [9.17, 15) is 9.59 Å². The molecular formula is C21H30N2O3. The summed E-state index contributed by atoms with van der Waals surface area (Å²) < 4.78 is 5.15. The van der Waals surface area contributed by atoms with Gasteiger partial charge in [-0.3, -0.25) is 14.5 Å². The van der Waals surface area contributed by atoms with Gasteiger partial charge in [0.1, 0.15) is 5.75 Å². The number of piperidine rings is 1. The SMILES string of the molecule is COc1ccc(C(=O)C2CCN(C(C)C(=O)NC3CCCC3)CC2)cc1. The van der Waals surface area contributed by atoms with Crippen molar-refractivity contribution in [2.75, 3.05) is 20.2 Å². The number of amides is 1. The lowest BCUT2D eigenvalue weighted by atomic mass is 9.88. The van der Waals surface area contributed by atoms with Gasteiger partial charge >= 0.3 is 0 Å². The van der Waals surface area contributed by atoms with Gasteiger partial charge in [0.15, 0.2) is 5.78 Å². The van der Waals surface area contributed by atoms with Crippen LogP contribution in [-0.4, -0.2) is 48.9 Å². The van der Waals surface area contributed by atoms with Crippen molar-refractivity contribution in [3.63, 3.8) is 0 Å². The molecule has 3 rings (SSSR count). The molecule has 1 N–H and O–H groups in total. The number of nitrogens with zero attached hydrogens (tertiary/aromatic N) is 1. The molecule has 1 aliphatic carbocycles. The highest BCUT2D eigenvalue weighted by Crippen LogP contribution is 2.24. The van der Waals surface area contributed by atoms with E-state index in [4.69, 9.17) is 4.74 Å². The molecule has 1 saturated carbocycles. The quantitative estimate of drug-likeness (QED) is 0.794. The number of Topliss-reactive ketones (excluding diaryl/α,β-unsaturated/α-hetero) is 1. The van der Waals surface area contributed by atoms with Crippen molar-refractivity contribution in [1.82, 2.24) is 10.2 Å². The first kappa shape index (κ1) is 18.9. The lowest BCUT2D eigenvalue weighted by molar-refractivity contribution is -0.127. The summed E-state index contributed by atoms with van der Waals surface area (Å²) >= 11 is 0. The van der Waals surface area contributed by atoms with E-state index in [0.717, 1.165) is 50.1 Å². The second-order valence-corrected chi connectivity index (χ2v) is 7.57. The van der Waals surface area contributed by atoms with Gasteiger partial charge in [0.05, 0.1) is 13.2 Å². The fourth-order valence-electron chi connectivity index (χ4n) is 4.10. The Hall–Kier alpha value is -1.88. The van der Waals surface area contributed by atoms with Crippen LogP contribution >= 0.6 is 0 Å². The Morgan fingerprint density at radius 3 is 2.27 bits per heavy atom. The molecule has 2 aliphatic rings. The number of hydrogen-bond donors (Lipinski definition) is 1. The van der Waals surface area contributed by atoms with Crippen LogP contribution in [0.5, 0.6) is 5.75 Å². The largest absolute Gasteiger partial charge is 0.497 e. The number of ether oxygens (including phenoxy) is 1. The fourth-order valence-corrected chi connectivity index (χ4v) is 4.10. The smallest absolute Gasteiger partial charge is 0.237 e. The normalized spacial score (nSPS) is 20.7. The van der Waals surface area contributed by atoms with Crippen LogP contribution in [0, 0.1) is 5.92 Å². The first-order chi connectivity index (χ1) is 12.6. The van der Waals surface area contributed by atoms with Crippen LogP contribution in [0.3, 0.4) is 0 Å². The summed E-state index contributed by atoms with van der Waals surface area (Å²) in [6.45, 7) is 3.58. The third kappa shape index (κ3) is 4.44. The van der Waals surface area contributed by atoms with E-state index in [0.29, 0.717) is 6.04 Å². The molecule has 1 aliphatic heterocycles. The number of benzene rings is 1. The van der Waals surface area contributed by atoms with Gasteiger partial charge in [-0.15, -0.1) is 0 Å². The van der Waals surface area contributed by atoms with Crippen LogP contribution in [0.1, 0.15) is 55.8 Å². The highest BCUT2D eigenvalue weighted by molar-refractivity contribution is 5.98. The Bertz CT molecular complexity index is 615. The molecule has 26 heavy (non-hydrogen) atoms. The molecule has 5 nitrogen and oxygen atoms in total. The number of methoxy groups -OCH3 is 1. The first-order valence-electron chi connectivity index (χ1n) is 9.81. The molecule has 1 heterocycles. The third-order valence-electron chi connectivity index (χ3n) is 5.90. The number of carbonyl (C=O) groups excluding carboxylic acids is 2. The summed E-state index contributed by atoms with van der Waals surface area (Å²) in [6, 6.07) is 7.58. The van der Waals surface area contributed by atoms with E-state index in [1.165, 1.54) is 12.8 Å². The Morgan fingerprint density at radius 1 is 1.08 bits per heavy atom. The van der Waals surface area contributed by atoms with E-state index >= 15 is 0 Å². The van der Waals surface area contributed by atoms with Gasteiger partial charge in [-0.2, -0.15) is 0 Å². The average molecular weight is 358 g/mol. The first-order valence-corrected chi connectivity index (χ1v) is 9.81. The Labute approximate surface area is 156 Å². The highest BCUT2D eigenvalue weighted by atomic mass is 16.5. The molecule has 1 aromatic carbocycles. The monoisotopic (exact) mass is 358 g/mol. The number of ketones is 1. The van der Waals surface area contributed by atoms with Gasteiger partial charge in [0, 0.05) is 17.5 Å². The summed E-state index contributed by atoms with van der Waals surface area (Å²) in [6.07, 6.45) is 6.28. The third-order valence-corrected chi connectivity index (χ3v) is 5.90. The average Bonchev–Trinajstić information content (AvgIpc) is 3.20. The van der Waals surface area contributed by atoms with Gasteiger partial charge in [0.25, 0.3) is 0 Å². The number of rotatable bonds is 6. The zero-order valence-corrected chi connectivity index (χ0v) is 15.9. The molecule has 0 radical (unpaired) electrons. The highest BCUT2D eigenvalue weighted by Gasteiger charge is 2.31. The number of hydrogen-bond acceptors (Lipinski definition) is 4. The van der Waals surface area contributed by atoms with Crippen molar-refractivity contribution < 1.29 is 14.3 Å². The molecule has 1 aromatic rings. The molecule has 1 unspecified atom stereocenters. The van der Waals surface area contributed by atoms with Gasteiger partial charge < -0.3 is 10.1 Å². The maximum absolute atomic E-state index is 12.7. The van der Waals surface area contributed by atoms with Crippen LogP contribution in [0.2, 0.25) is 0 Å². The molecule has 1 atom stereocenters. The molecule has 142 valence electrons. The molecule has 1 amide bonds. The van der Waals surface area contributed by atoms with E-state index in [1.807, 2.05) is 31.2 Å². The molecule has 0 bridgehead atoms. The fraction of sp³-hybridized carbons (Fsp3) is 0.619. The molecular weight excluding hydrogens is 328 g/mol. The minimum Gasteiger partial charge on any atom is -0.497 e. The zero-order chi connectivity index (χ0) is 18.5. The van der Waals surface area contributed by atoms with Crippen LogP contribution in [0.15, 0.2) is 24.3 Å². The Kier molecular flexibility index (Phi) is 6.30. The zero-order valence-electron chi connectivity index (χ0n) is 15.9. The predicted octanol–water partition coefficient (Wildman–Crippen LogP) is 3.04. The molecule has 1 saturated heterocycles. The topological polar surface area (TPSA) is 58.6 Å². The molecule has 0 spiro atoms. The predicted molar refractivity (Wildman–Crippen MR) is 101 cm³/mol. The maximum Gasteiger partial charge on any atom is 0.237 e.